The lowest BCUT2D eigenvalue weighted by Gasteiger charge is -2.21. The predicted molar refractivity (Wildman–Crippen MR) is 57.9 cm³/mol. The molecule has 1 heterocycles. The second-order valence-corrected chi connectivity index (χ2v) is 3.86. The summed E-state index contributed by atoms with van der Waals surface area (Å²) in [6, 6.07) is 0. The Labute approximate surface area is 90.2 Å². The van der Waals surface area contributed by atoms with E-state index < -0.39 is 5.60 Å². The Bertz CT molecular complexity index is 342. The highest BCUT2D eigenvalue weighted by Crippen LogP contribution is 2.16. The maximum Gasteiger partial charge on any atom is 0.197 e. The fraction of sp³-hybridized carbons (Fsp3) is 0.636. The number of rotatable bonds is 5. The van der Waals surface area contributed by atoms with Crippen LogP contribution in [0, 0.1) is 0 Å². The van der Waals surface area contributed by atoms with Crippen LogP contribution in [0.25, 0.3) is 0 Å². The largest absolute Gasteiger partial charge is 0.368 e. The van der Waals surface area contributed by atoms with E-state index in [0.29, 0.717) is 12.2 Å². The second-order valence-electron chi connectivity index (χ2n) is 3.86. The Morgan fingerprint density at radius 3 is 2.67 bits per heavy atom. The van der Waals surface area contributed by atoms with E-state index in [0.717, 1.165) is 6.54 Å². The standard InChI is InChI=1S/C11H18N2O2/c1-5-13-8-9(7-12-13)10(14)11(3,4)15-6-2/h7-8H,5-6H2,1-4H3. The fourth-order valence-electron chi connectivity index (χ4n) is 1.43. The normalized spacial score (nSPS) is 11.7. The molecule has 0 aliphatic heterocycles. The molecule has 0 fully saturated rings. The molecule has 0 saturated heterocycles. The van der Waals surface area contributed by atoms with Gasteiger partial charge in [-0.25, -0.2) is 0 Å². The monoisotopic (exact) mass is 210 g/mol. The van der Waals surface area contributed by atoms with Gasteiger partial charge in [0.1, 0.15) is 5.60 Å². The molecule has 0 aliphatic carbocycles. The quantitative estimate of drug-likeness (QED) is 0.697. The van der Waals surface area contributed by atoms with Crippen molar-refractivity contribution >= 4 is 5.78 Å². The smallest absolute Gasteiger partial charge is 0.197 e. The van der Waals surface area contributed by atoms with Gasteiger partial charge in [-0.1, -0.05) is 0 Å². The van der Waals surface area contributed by atoms with E-state index in [1.807, 2.05) is 13.8 Å². The first kappa shape index (κ1) is 11.9. The molecule has 0 radical (unpaired) electrons. The average molecular weight is 210 g/mol. The molecule has 0 bridgehead atoms. The van der Waals surface area contributed by atoms with Crippen LogP contribution in [0.4, 0.5) is 0 Å². The highest BCUT2D eigenvalue weighted by Gasteiger charge is 2.29. The van der Waals surface area contributed by atoms with E-state index in [1.165, 1.54) is 0 Å². The van der Waals surface area contributed by atoms with Gasteiger partial charge in [0.05, 0.1) is 11.8 Å². The van der Waals surface area contributed by atoms with Gasteiger partial charge in [0, 0.05) is 19.3 Å². The van der Waals surface area contributed by atoms with Crippen molar-refractivity contribution in [1.82, 2.24) is 9.78 Å². The van der Waals surface area contributed by atoms with E-state index in [4.69, 9.17) is 4.74 Å². The third-order valence-electron chi connectivity index (χ3n) is 2.27. The summed E-state index contributed by atoms with van der Waals surface area (Å²) in [5.74, 6) is -0.0240. The first-order chi connectivity index (χ1) is 7.01. The third kappa shape index (κ3) is 2.65. The van der Waals surface area contributed by atoms with Crippen LogP contribution in [0.2, 0.25) is 0 Å². The van der Waals surface area contributed by atoms with Crippen LogP contribution in [-0.2, 0) is 11.3 Å². The zero-order valence-electron chi connectivity index (χ0n) is 9.78. The lowest BCUT2D eigenvalue weighted by molar-refractivity contribution is 0.00125. The van der Waals surface area contributed by atoms with Gasteiger partial charge in [-0.3, -0.25) is 9.48 Å². The minimum Gasteiger partial charge on any atom is -0.368 e. The molecule has 1 aromatic heterocycles. The van der Waals surface area contributed by atoms with Crippen LogP contribution in [0.1, 0.15) is 38.1 Å². The van der Waals surface area contributed by atoms with Crippen LogP contribution in [0.3, 0.4) is 0 Å². The van der Waals surface area contributed by atoms with Gasteiger partial charge in [-0.05, 0) is 27.7 Å². The topological polar surface area (TPSA) is 44.1 Å². The molecular formula is C11H18N2O2. The molecule has 0 saturated carbocycles. The van der Waals surface area contributed by atoms with Crippen LogP contribution in [0.5, 0.6) is 0 Å². The van der Waals surface area contributed by atoms with Crippen LogP contribution in [-0.4, -0.2) is 27.8 Å². The third-order valence-corrected chi connectivity index (χ3v) is 2.27. The van der Waals surface area contributed by atoms with Crippen molar-refractivity contribution in [3.8, 4) is 0 Å². The molecule has 0 amide bonds. The van der Waals surface area contributed by atoms with Gasteiger partial charge in [0.15, 0.2) is 5.78 Å². The predicted octanol–water partition coefficient (Wildman–Crippen LogP) is 1.90. The molecule has 0 unspecified atom stereocenters. The van der Waals surface area contributed by atoms with Gasteiger partial charge < -0.3 is 4.74 Å². The van der Waals surface area contributed by atoms with Gasteiger partial charge in [0.25, 0.3) is 0 Å². The number of hydrogen-bond acceptors (Lipinski definition) is 3. The molecule has 0 spiro atoms. The number of Topliss-reactive ketones (excluding diaryl/α,β-unsaturated/α-hetero) is 1. The molecule has 15 heavy (non-hydrogen) atoms. The average Bonchev–Trinajstić information content (AvgIpc) is 2.64. The molecule has 0 aromatic carbocycles. The summed E-state index contributed by atoms with van der Waals surface area (Å²) >= 11 is 0. The van der Waals surface area contributed by atoms with Crippen molar-refractivity contribution in [2.24, 2.45) is 0 Å². The summed E-state index contributed by atoms with van der Waals surface area (Å²) in [7, 11) is 0. The summed E-state index contributed by atoms with van der Waals surface area (Å²) in [6.45, 7) is 8.71. The molecule has 1 rings (SSSR count). The van der Waals surface area contributed by atoms with Crippen molar-refractivity contribution in [3.63, 3.8) is 0 Å². The second kappa shape index (κ2) is 4.57. The molecule has 0 aliphatic rings. The molecule has 0 atom stereocenters. The van der Waals surface area contributed by atoms with Crippen molar-refractivity contribution < 1.29 is 9.53 Å². The highest BCUT2D eigenvalue weighted by atomic mass is 16.5. The van der Waals surface area contributed by atoms with Crippen LogP contribution >= 0.6 is 0 Å². The van der Waals surface area contributed by atoms with Crippen molar-refractivity contribution in [2.45, 2.75) is 39.8 Å². The minimum absolute atomic E-state index is 0.0240. The highest BCUT2D eigenvalue weighted by molar-refractivity contribution is 6.01. The van der Waals surface area contributed by atoms with E-state index in [9.17, 15) is 4.79 Å². The summed E-state index contributed by atoms with van der Waals surface area (Å²) in [6.07, 6.45) is 3.34. The first-order valence-corrected chi connectivity index (χ1v) is 5.22. The summed E-state index contributed by atoms with van der Waals surface area (Å²) in [4.78, 5) is 12.0. The maximum absolute atomic E-state index is 12.0. The van der Waals surface area contributed by atoms with Crippen LogP contribution < -0.4 is 0 Å². The number of aryl methyl sites for hydroxylation is 1. The van der Waals surface area contributed by atoms with Crippen molar-refractivity contribution in [2.75, 3.05) is 6.61 Å². The number of aromatic nitrogens is 2. The van der Waals surface area contributed by atoms with E-state index in [-0.39, 0.29) is 5.78 Å². The number of carbonyl (C=O) groups is 1. The molecule has 0 N–H and O–H groups in total. The molecule has 4 nitrogen and oxygen atoms in total. The summed E-state index contributed by atoms with van der Waals surface area (Å²) in [5, 5.41) is 4.07. The van der Waals surface area contributed by atoms with Gasteiger partial charge in [-0.15, -0.1) is 0 Å². The van der Waals surface area contributed by atoms with E-state index in [2.05, 4.69) is 5.10 Å². The van der Waals surface area contributed by atoms with Gasteiger partial charge in [0.2, 0.25) is 0 Å². The fourth-order valence-corrected chi connectivity index (χ4v) is 1.43. The Balaban J connectivity index is 2.84. The number of ketones is 1. The zero-order chi connectivity index (χ0) is 11.5. The van der Waals surface area contributed by atoms with Gasteiger partial charge >= 0.3 is 0 Å². The lowest BCUT2D eigenvalue weighted by Crippen LogP contribution is -2.34. The Morgan fingerprint density at radius 2 is 2.20 bits per heavy atom. The van der Waals surface area contributed by atoms with E-state index in [1.54, 1.807) is 30.9 Å². The van der Waals surface area contributed by atoms with Crippen molar-refractivity contribution in [1.29, 1.82) is 0 Å². The number of hydrogen-bond donors (Lipinski definition) is 0. The first-order valence-electron chi connectivity index (χ1n) is 5.22. The molecule has 1 aromatic rings. The SMILES string of the molecule is CCOC(C)(C)C(=O)c1cnn(CC)c1. The summed E-state index contributed by atoms with van der Waals surface area (Å²) < 4.78 is 7.13. The number of carbonyl (C=O) groups excluding carboxylic acids is 1. The Kier molecular flexibility index (Phi) is 3.63. The van der Waals surface area contributed by atoms with Gasteiger partial charge in [-0.2, -0.15) is 5.10 Å². The zero-order valence-corrected chi connectivity index (χ0v) is 9.78. The molecule has 84 valence electrons. The minimum atomic E-state index is -0.768. The molecule has 4 heteroatoms. The Hall–Kier alpha value is -1.16. The molecular weight excluding hydrogens is 192 g/mol. The van der Waals surface area contributed by atoms with Crippen molar-refractivity contribution in [3.05, 3.63) is 18.0 Å². The number of ether oxygens (including phenoxy) is 1. The summed E-state index contributed by atoms with van der Waals surface area (Å²) in [5.41, 5.74) is -0.161. The lowest BCUT2D eigenvalue weighted by atomic mass is 9.99. The van der Waals surface area contributed by atoms with Crippen LogP contribution in [0.15, 0.2) is 12.4 Å². The number of nitrogens with zero attached hydrogens (tertiary/aromatic N) is 2. The van der Waals surface area contributed by atoms with E-state index >= 15 is 0 Å². The Morgan fingerprint density at radius 1 is 1.53 bits per heavy atom. The maximum atomic E-state index is 12.0.